The third-order valence-electron chi connectivity index (χ3n) is 16.2. The molecule has 0 aromatic heterocycles. The van der Waals surface area contributed by atoms with Gasteiger partial charge in [0.2, 0.25) is 0 Å². The highest BCUT2D eigenvalue weighted by atomic mass is 16.7. The SMILES string of the molecule is C=CCOC(=O)NCCCCCCNC(=O)O[C@H]1CC[C@@]2(C)C(=CC[C@@H]3C2CC[C@@]2(C)[C@H]3C[C@H](OC3OCC(O)C(OC4OCC(O)C(O)C4O)C3O)[C@]2(O)[C@H](C)C(=O)CCC(C)C)C1. The summed E-state index contributed by atoms with van der Waals surface area (Å²) in [5, 5.41) is 72.1. The molecule has 6 rings (SSSR count). The summed E-state index contributed by atoms with van der Waals surface area (Å²) in [4.78, 5) is 38.5. The molecule has 65 heavy (non-hydrogen) atoms. The van der Waals surface area contributed by atoms with Crippen LogP contribution < -0.4 is 10.6 Å². The molecule has 5 fully saturated rings. The molecule has 0 aromatic rings. The van der Waals surface area contributed by atoms with Crippen molar-refractivity contribution in [3.63, 3.8) is 0 Å². The molecule has 0 aromatic carbocycles. The van der Waals surface area contributed by atoms with Crippen molar-refractivity contribution in [2.24, 2.45) is 40.4 Å². The molecule has 8 N–H and O–H groups in total. The zero-order valence-corrected chi connectivity index (χ0v) is 39.1. The van der Waals surface area contributed by atoms with Crippen LogP contribution in [0.2, 0.25) is 0 Å². The highest BCUT2D eigenvalue weighted by Crippen LogP contribution is 2.69. The minimum atomic E-state index is -1.65. The van der Waals surface area contributed by atoms with Crippen LogP contribution in [0, 0.1) is 40.4 Å². The number of ketones is 1. The van der Waals surface area contributed by atoms with Gasteiger partial charge in [0.15, 0.2) is 12.6 Å². The molecular formula is C48H78N2O15. The Kier molecular flexibility index (Phi) is 17.6. The molecule has 2 amide bonds. The van der Waals surface area contributed by atoms with Gasteiger partial charge in [0.05, 0.1) is 19.3 Å². The normalized spacial score (nSPS) is 40.7. The minimum absolute atomic E-state index is 0.0573. The second kappa shape index (κ2) is 22.1. The summed E-state index contributed by atoms with van der Waals surface area (Å²) in [5.74, 6) is -0.196. The zero-order chi connectivity index (χ0) is 47.3. The van der Waals surface area contributed by atoms with E-state index in [1.165, 1.54) is 11.6 Å². The first-order valence-corrected chi connectivity index (χ1v) is 24.2. The van der Waals surface area contributed by atoms with Crippen molar-refractivity contribution in [2.45, 2.75) is 185 Å². The van der Waals surface area contributed by atoms with E-state index in [1.807, 2.05) is 0 Å². The maximum absolute atomic E-state index is 14.1. The number of hydrogen-bond donors (Lipinski definition) is 8. The first kappa shape index (κ1) is 51.7. The molecule has 0 bridgehead atoms. The molecule has 4 aliphatic carbocycles. The molecule has 3 saturated carbocycles. The summed E-state index contributed by atoms with van der Waals surface area (Å²) in [5.41, 5.74) is -1.23. The summed E-state index contributed by atoms with van der Waals surface area (Å²) in [7, 11) is 0. The van der Waals surface area contributed by atoms with Crippen molar-refractivity contribution in [2.75, 3.05) is 32.9 Å². The van der Waals surface area contributed by atoms with Gasteiger partial charge in [-0.3, -0.25) is 4.79 Å². The summed E-state index contributed by atoms with van der Waals surface area (Å²) >= 11 is 0. The van der Waals surface area contributed by atoms with Crippen molar-refractivity contribution in [3.05, 3.63) is 24.3 Å². The molecular weight excluding hydrogens is 845 g/mol. The number of rotatable bonds is 19. The number of amides is 2. The fourth-order valence-electron chi connectivity index (χ4n) is 12.2. The Balaban J connectivity index is 1.10. The van der Waals surface area contributed by atoms with Gasteiger partial charge >= 0.3 is 12.2 Å². The number of allylic oxidation sites excluding steroid dienone is 1. The number of fused-ring (bicyclic) bond motifs is 5. The first-order chi connectivity index (χ1) is 30.8. The fourth-order valence-corrected chi connectivity index (χ4v) is 12.2. The Morgan fingerprint density at radius 2 is 1.52 bits per heavy atom. The van der Waals surface area contributed by atoms with Gasteiger partial charge in [0.25, 0.3) is 0 Å². The average Bonchev–Trinajstić information content (AvgIpc) is 3.50. The Hall–Kier alpha value is -2.71. The predicted octanol–water partition coefficient (Wildman–Crippen LogP) is 3.79. The molecule has 2 saturated heterocycles. The third-order valence-corrected chi connectivity index (χ3v) is 16.2. The first-order valence-electron chi connectivity index (χ1n) is 24.2. The molecule has 9 unspecified atom stereocenters. The van der Waals surface area contributed by atoms with Crippen molar-refractivity contribution in [3.8, 4) is 0 Å². The topological polar surface area (TPSA) is 252 Å². The number of hydrogen-bond acceptors (Lipinski definition) is 15. The van der Waals surface area contributed by atoms with Gasteiger partial charge in [-0.1, -0.05) is 71.8 Å². The molecule has 370 valence electrons. The van der Waals surface area contributed by atoms with Crippen molar-refractivity contribution < 1.29 is 73.4 Å². The largest absolute Gasteiger partial charge is 0.446 e. The summed E-state index contributed by atoms with van der Waals surface area (Å²) < 4.78 is 34.6. The monoisotopic (exact) mass is 923 g/mol. The van der Waals surface area contributed by atoms with E-state index in [1.54, 1.807) is 6.92 Å². The van der Waals surface area contributed by atoms with Crippen LogP contribution in [-0.2, 0) is 33.2 Å². The number of ether oxygens (including phenoxy) is 6. The quantitative estimate of drug-likeness (QED) is 0.0678. The highest BCUT2D eigenvalue weighted by molar-refractivity contribution is 5.82. The number of carbonyl (C=O) groups excluding carboxylic acids is 3. The summed E-state index contributed by atoms with van der Waals surface area (Å²) in [6, 6.07) is 0. The van der Waals surface area contributed by atoms with Gasteiger partial charge < -0.3 is 69.7 Å². The predicted molar refractivity (Wildman–Crippen MR) is 236 cm³/mol. The molecule has 17 heteroatoms. The molecule has 6 aliphatic rings. The second-order valence-electron chi connectivity index (χ2n) is 20.6. The molecule has 17 nitrogen and oxygen atoms in total. The number of Topliss-reactive ketones (excluding diaryl/α,β-unsaturated/α-hetero) is 1. The van der Waals surface area contributed by atoms with Crippen LogP contribution in [0.15, 0.2) is 24.3 Å². The van der Waals surface area contributed by atoms with Gasteiger partial charge in [0, 0.05) is 37.3 Å². The Morgan fingerprint density at radius 3 is 2.20 bits per heavy atom. The lowest BCUT2D eigenvalue weighted by molar-refractivity contribution is -0.344. The van der Waals surface area contributed by atoms with Crippen LogP contribution in [-0.4, -0.2) is 149 Å². The minimum Gasteiger partial charge on any atom is -0.446 e. The average molecular weight is 923 g/mol. The maximum atomic E-state index is 14.1. The number of alkyl carbamates (subject to hydrolysis) is 2. The second-order valence-corrected chi connectivity index (χ2v) is 20.6. The molecule has 2 aliphatic heterocycles. The molecule has 17 atom stereocenters. The van der Waals surface area contributed by atoms with E-state index in [2.05, 4.69) is 51.0 Å². The van der Waals surface area contributed by atoms with E-state index in [9.17, 15) is 45.0 Å². The Bertz CT molecular complexity index is 1670. The van der Waals surface area contributed by atoms with Gasteiger partial charge in [-0.15, -0.1) is 0 Å². The third kappa shape index (κ3) is 11.1. The number of aliphatic hydroxyl groups is 6. The molecule has 0 spiro atoms. The highest BCUT2D eigenvalue weighted by Gasteiger charge is 2.70. The van der Waals surface area contributed by atoms with E-state index in [0.717, 1.165) is 51.4 Å². The molecule has 0 radical (unpaired) electrons. The lowest BCUT2D eigenvalue weighted by Gasteiger charge is -2.59. The standard InChI is InChI=1S/C48H78N2O15/c1-7-22-60-44(57)49-20-10-8-9-11-21-50-45(58)63-30-16-18-46(5)29(23-30)13-14-31-32(46)17-19-47(6)33(31)24-37(48(47,59)28(4)34(51)15-12-27(2)3)64-43-40(56)41(36(53)26-62-43)65-42-39(55)38(54)35(52)25-61-42/h7,13,27-28,30-33,35-43,52-56,59H,1,8-12,14-26H2,2-6H3,(H,49,57)(H,50,58)/t28-,30+,31-,32?,33+,35?,36?,37+,38?,39?,40?,41?,42?,43?,46+,47+,48-/m1/s1. The molecule has 2 heterocycles. The van der Waals surface area contributed by atoms with Crippen LogP contribution in [0.1, 0.15) is 118 Å². The van der Waals surface area contributed by atoms with Crippen LogP contribution in [0.5, 0.6) is 0 Å². The number of aliphatic hydroxyl groups excluding tert-OH is 5. The van der Waals surface area contributed by atoms with Crippen molar-refractivity contribution in [1.29, 1.82) is 0 Å². The van der Waals surface area contributed by atoms with Crippen LogP contribution in [0.25, 0.3) is 0 Å². The Labute approximate surface area is 384 Å². The van der Waals surface area contributed by atoms with Gasteiger partial charge in [-0.05, 0) is 86.9 Å². The smallest absolute Gasteiger partial charge is 0.407 e. The number of nitrogens with one attached hydrogen (secondary N) is 2. The van der Waals surface area contributed by atoms with Crippen LogP contribution >= 0.6 is 0 Å². The Morgan fingerprint density at radius 1 is 0.862 bits per heavy atom. The lowest BCUT2D eigenvalue weighted by atomic mass is 9.46. The van der Waals surface area contributed by atoms with E-state index in [4.69, 9.17) is 28.4 Å². The van der Waals surface area contributed by atoms with Gasteiger partial charge in [0.1, 0.15) is 60.7 Å². The fraction of sp³-hybridized carbons (Fsp3) is 0.854. The zero-order valence-electron chi connectivity index (χ0n) is 39.1. The van der Waals surface area contributed by atoms with E-state index in [-0.39, 0.29) is 60.8 Å². The number of carbonyl (C=O) groups is 3. The van der Waals surface area contributed by atoms with Gasteiger partial charge in [-0.2, -0.15) is 0 Å². The maximum Gasteiger partial charge on any atom is 0.407 e. The van der Waals surface area contributed by atoms with Crippen LogP contribution in [0.3, 0.4) is 0 Å². The van der Waals surface area contributed by atoms with Gasteiger partial charge in [-0.25, -0.2) is 9.59 Å². The summed E-state index contributed by atoms with van der Waals surface area (Å²) in [6.07, 6.45) is -0.753. The summed E-state index contributed by atoms with van der Waals surface area (Å²) in [6.45, 7) is 14.4. The van der Waals surface area contributed by atoms with Crippen molar-refractivity contribution >= 4 is 18.0 Å². The lowest BCUT2D eigenvalue weighted by Crippen LogP contribution is -2.63. The van der Waals surface area contributed by atoms with E-state index >= 15 is 0 Å². The van der Waals surface area contributed by atoms with E-state index in [0.29, 0.717) is 45.2 Å². The number of unbranched alkanes of at least 4 members (excludes halogenated alkanes) is 3. The van der Waals surface area contributed by atoms with E-state index < -0.39 is 84.4 Å². The van der Waals surface area contributed by atoms with Crippen LogP contribution in [0.4, 0.5) is 9.59 Å². The van der Waals surface area contributed by atoms with Crippen molar-refractivity contribution in [1.82, 2.24) is 10.6 Å².